The van der Waals surface area contributed by atoms with Crippen molar-refractivity contribution in [3.05, 3.63) is 31.9 Å². The second kappa shape index (κ2) is 25.2. The van der Waals surface area contributed by atoms with Crippen molar-refractivity contribution in [2.75, 3.05) is 37.8 Å². The summed E-state index contributed by atoms with van der Waals surface area (Å²) in [6, 6.07) is 0. The Morgan fingerprint density at radius 3 is 1.86 bits per heavy atom. The Morgan fingerprint density at radius 1 is 1.00 bits per heavy atom. The Bertz CT molecular complexity index is 206. The zero-order valence-electron chi connectivity index (χ0n) is 14.5. The highest BCUT2D eigenvalue weighted by atomic mass is 32.2. The quantitative estimate of drug-likeness (QED) is 0.702. The summed E-state index contributed by atoms with van der Waals surface area (Å²) in [6.45, 7) is 14.4. The van der Waals surface area contributed by atoms with E-state index in [4.69, 9.17) is 4.74 Å². The third kappa shape index (κ3) is 21.5. The van der Waals surface area contributed by atoms with Crippen LogP contribution in [0.5, 0.6) is 0 Å². The fraction of sp³-hybridized carbons (Fsp3) is 0.706. The molecule has 0 aliphatic carbocycles. The number of H-pyrrole nitrogens is 1. The first-order valence-corrected chi connectivity index (χ1v) is 9.44. The minimum atomic E-state index is 0.963. The third-order valence-electron chi connectivity index (χ3n) is 2.61. The molecule has 3 heterocycles. The van der Waals surface area contributed by atoms with Crippen molar-refractivity contribution in [2.45, 2.75) is 39.5 Å². The molecule has 2 N–H and O–H groups in total. The second-order valence-electron chi connectivity index (χ2n) is 4.15. The van der Waals surface area contributed by atoms with Gasteiger partial charge in [-0.3, -0.25) is 0 Å². The predicted octanol–water partition coefficient (Wildman–Crippen LogP) is 4.14. The lowest BCUT2D eigenvalue weighted by atomic mass is 10.2. The van der Waals surface area contributed by atoms with Crippen LogP contribution in [0.4, 0.5) is 0 Å². The van der Waals surface area contributed by atoms with Crippen LogP contribution in [0.25, 0.3) is 0 Å². The zero-order valence-corrected chi connectivity index (χ0v) is 15.3. The maximum absolute atomic E-state index is 5.05. The normalized spacial score (nSPS) is 16.5. The number of nitrogens with zero attached hydrogens (tertiary/aromatic N) is 1. The molecular weight excluding hydrogens is 294 g/mol. The average Bonchev–Trinajstić information content (AvgIpc) is 3.09. The summed E-state index contributed by atoms with van der Waals surface area (Å²) >= 11 is 1.97. The summed E-state index contributed by atoms with van der Waals surface area (Å²) in [5.41, 5.74) is 0. The fourth-order valence-corrected chi connectivity index (χ4v) is 2.31. The molecule has 2 aliphatic rings. The molecule has 4 nitrogen and oxygen atoms in total. The molecule has 0 spiro atoms. The van der Waals surface area contributed by atoms with Gasteiger partial charge < -0.3 is 15.0 Å². The lowest BCUT2D eigenvalue weighted by Crippen LogP contribution is -2.12. The molecule has 1 aromatic heterocycles. The number of aromatic amines is 1. The van der Waals surface area contributed by atoms with E-state index in [0.29, 0.717) is 0 Å². The average molecular weight is 330 g/mol. The molecule has 0 atom stereocenters. The van der Waals surface area contributed by atoms with Crippen LogP contribution in [-0.4, -0.2) is 47.8 Å². The van der Waals surface area contributed by atoms with Crippen molar-refractivity contribution < 1.29 is 4.74 Å². The number of nitrogens with one attached hydrogen (secondary N) is 2. The van der Waals surface area contributed by atoms with E-state index in [9.17, 15) is 0 Å². The zero-order chi connectivity index (χ0) is 16.7. The Kier molecular flexibility index (Phi) is 26.9. The molecule has 2 fully saturated rings. The number of rotatable bonds is 0. The van der Waals surface area contributed by atoms with Crippen LogP contribution >= 0.6 is 11.8 Å². The molecule has 5 heteroatoms. The molecule has 22 heavy (non-hydrogen) atoms. The summed E-state index contributed by atoms with van der Waals surface area (Å²) in [4.78, 5) is 6.42. The van der Waals surface area contributed by atoms with Gasteiger partial charge in [-0.25, -0.2) is 4.98 Å². The third-order valence-corrected chi connectivity index (χ3v) is 3.52. The predicted molar refractivity (Wildman–Crippen MR) is 101 cm³/mol. The lowest BCUT2D eigenvalue weighted by molar-refractivity contribution is 0.161. The molecule has 0 bridgehead atoms. The van der Waals surface area contributed by atoms with Crippen LogP contribution in [0, 0.1) is 0 Å². The molecule has 3 rings (SSSR count). The molecule has 0 unspecified atom stereocenters. The van der Waals surface area contributed by atoms with Crippen molar-refractivity contribution >= 4 is 11.8 Å². The topological polar surface area (TPSA) is 49.9 Å². The van der Waals surface area contributed by atoms with Gasteiger partial charge in [-0.1, -0.05) is 26.7 Å². The highest BCUT2D eigenvalue weighted by Crippen LogP contribution is 2.03. The molecule has 0 saturated carbocycles. The number of imidazole rings is 1. The summed E-state index contributed by atoms with van der Waals surface area (Å²) in [6.07, 6.45) is 10.7. The van der Waals surface area contributed by atoms with Crippen molar-refractivity contribution in [3.8, 4) is 0 Å². The van der Waals surface area contributed by atoms with E-state index in [1.54, 1.807) is 18.7 Å². The lowest BCUT2D eigenvalue weighted by Gasteiger charge is -2.07. The van der Waals surface area contributed by atoms with Crippen molar-refractivity contribution in [3.63, 3.8) is 0 Å². The SMILES string of the molecule is C1CCCNCC1.C1CSCCO1.C=C.CC.c1c[nH]cn1. The molecule has 0 amide bonds. The number of hydrogen-bond donors (Lipinski definition) is 2. The van der Waals surface area contributed by atoms with E-state index >= 15 is 0 Å². The molecule has 1 aromatic rings. The monoisotopic (exact) mass is 329 g/mol. The molecule has 2 saturated heterocycles. The Labute approximate surface area is 141 Å². The fourth-order valence-electron chi connectivity index (χ4n) is 1.63. The van der Waals surface area contributed by atoms with E-state index in [1.165, 1.54) is 50.3 Å². The largest absolute Gasteiger partial charge is 0.380 e. The van der Waals surface area contributed by atoms with Gasteiger partial charge in [0.1, 0.15) is 0 Å². The summed E-state index contributed by atoms with van der Waals surface area (Å²) < 4.78 is 5.05. The standard InChI is InChI=1S/C6H13N.C4H8OS.C3H4N2.C2H6.C2H4/c1-2-4-6-7-5-3-1;1-3-6-4-2-5-1;1-2-5-3-4-1;2*1-2/h7H,1-6H2;1-4H2;1-3H,(H,4,5);1-2H3;1-2H2. The molecular formula is C17H35N3OS. The molecule has 0 aromatic carbocycles. The van der Waals surface area contributed by atoms with Crippen LogP contribution in [0.2, 0.25) is 0 Å². The highest BCUT2D eigenvalue weighted by Gasteiger charge is 1.95. The van der Waals surface area contributed by atoms with E-state index in [2.05, 4.69) is 28.4 Å². The van der Waals surface area contributed by atoms with Crippen molar-refractivity contribution in [1.82, 2.24) is 15.3 Å². The van der Waals surface area contributed by atoms with Gasteiger partial charge in [0.25, 0.3) is 0 Å². The van der Waals surface area contributed by atoms with Gasteiger partial charge >= 0.3 is 0 Å². The van der Waals surface area contributed by atoms with Gasteiger partial charge in [0.05, 0.1) is 19.5 Å². The second-order valence-corrected chi connectivity index (χ2v) is 5.37. The summed E-state index contributed by atoms with van der Waals surface area (Å²) in [5, 5.41) is 3.35. The van der Waals surface area contributed by atoms with Crippen molar-refractivity contribution in [1.29, 1.82) is 0 Å². The number of hydrogen-bond acceptors (Lipinski definition) is 4. The molecule has 130 valence electrons. The molecule has 0 radical (unpaired) electrons. The van der Waals surface area contributed by atoms with Gasteiger partial charge in [0, 0.05) is 23.9 Å². The Balaban J connectivity index is 0. The van der Waals surface area contributed by atoms with Crippen LogP contribution in [0.15, 0.2) is 31.9 Å². The van der Waals surface area contributed by atoms with Crippen LogP contribution in [-0.2, 0) is 4.74 Å². The first-order chi connectivity index (χ1) is 11.0. The van der Waals surface area contributed by atoms with E-state index in [-0.39, 0.29) is 0 Å². The first-order valence-electron chi connectivity index (χ1n) is 8.29. The van der Waals surface area contributed by atoms with Crippen LogP contribution in [0.3, 0.4) is 0 Å². The smallest absolute Gasteiger partial charge is 0.0919 e. The highest BCUT2D eigenvalue weighted by molar-refractivity contribution is 7.99. The number of thioether (sulfide) groups is 1. The molecule has 2 aliphatic heterocycles. The van der Waals surface area contributed by atoms with E-state index in [1.807, 2.05) is 25.6 Å². The Morgan fingerprint density at radius 2 is 1.59 bits per heavy atom. The maximum atomic E-state index is 5.05. The van der Waals surface area contributed by atoms with Crippen molar-refractivity contribution in [2.24, 2.45) is 0 Å². The first kappa shape index (κ1) is 23.5. The summed E-state index contributed by atoms with van der Waals surface area (Å²) in [5.74, 6) is 2.39. The number of aromatic nitrogens is 2. The van der Waals surface area contributed by atoms with E-state index in [0.717, 1.165) is 13.2 Å². The maximum Gasteiger partial charge on any atom is 0.0919 e. The van der Waals surface area contributed by atoms with Crippen LogP contribution < -0.4 is 5.32 Å². The van der Waals surface area contributed by atoms with E-state index < -0.39 is 0 Å². The van der Waals surface area contributed by atoms with Gasteiger partial charge in [-0.15, -0.1) is 13.2 Å². The van der Waals surface area contributed by atoms with Gasteiger partial charge in [0.15, 0.2) is 0 Å². The van der Waals surface area contributed by atoms with Gasteiger partial charge in [-0.2, -0.15) is 11.8 Å². The summed E-state index contributed by atoms with van der Waals surface area (Å²) in [7, 11) is 0. The number of ether oxygens (including phenoxy) is 1. The van der Waals surface area contributed by atoms with Crippen LogP contribution in [0.1, 0.15) is 39.5 Å². The minimum Gasteiger partial charge on any atom is -0.380 e. The Hall–Kier alpha value is -0.780. The van der Waals surface area contributed by atoms with Gasteiger partial charge in [-0.05, 0) is 25.9 Å². The minimum absolute atomic E-state index is 0.963. The van der Waals surface area contributed by atoms with Gasteiger partial charge in [0.2, 0.25) is 0 Å².